The lowest BCUT2D eigenvalue weighted by atomic mass is 9.69. The van der Waals surface area contributed by atoms with Crippen LogP contribution >= 0.6 is 0 Å². The molecule has 14 nitrogen and oxygen atoms in total. The molecule has 3 aromatic carbocycles. The molecule has 1 atom stereocenters. The van der Waals surface area contributed by atoms with E-state index in [1.54, 1.807) is 24.1 Å². The third kappa shape index (κ3) is 8.36. The number of carbonyl (C=O) groups is 1. The Morgan fingerprint density at radius 1 is 0.864 bits per heavy atom. The predicted molar refractivity (Wildman–Crippen MR) is 253 cm³/mol. The molecule has 0 spiro atoms. The van der Waals surface area contributed by atoms with Gasteiger partial charge in [-0.2, -0.15) is 5.26 Å². The van der Waals surface area contributed by atoms with E-state index < -0.39 is 11.5 Å². The van der Waals surface area contributed by atoms with E-state index in [2.05, 4.69) is 75.6 Å². The number of aryl methyl sites for hydroxylation is 1. The number of fused-ring (bicyclic) bond motifs is 5. The highest BCUT2D eigenvalue weighted by Crippen LogP contribution is 2.49. The Bertz CT molecular complexity index is 3130. The minimum atomic E-state index is -0.729. The quantitative estimate of drug-likeness (QED) is 0.0928. The zero-order valence-corrected chi connectivity index (χ0v) is 37.5. The molecule has 0 radical (unpaired) electrons. The standard InChI is InChI=1S/C52H52N8O6/c1-4-34-25-38-39(29-62)49-36-15-13-33(27-53)24-42(36)57-51(49)52(2,3)40(38)26-45(34)59-22-20-58(21-23-59)19-9-12-48(66)55-18-7-5-6-17-54-41-11-8-10-37-46(31-64)60(47(32-65)50(37)41)44-16-14-35(28-61)56-43(44)30-63/h8,10-11,13,15,24-26,44,54,56-57H,4-7,9,12,14,16-23H2,1-3H3,(H,55,66). The first kappa shape index (κ1) is 45.1. The van der Waals surface area contributed by atoms with Crippen molar-refractivity contribution in [2.24, 2.45) is 0 Å². The number of nitriles is 1. The Morgan fingerprint density at radius 2 is 1.65 bits per heavy atom. The fourth-order valence-corrected chi connectivity index (χ4v) is 10.1. The number of rotatable bonds is 14. The molecule has 5 aromatic rings. The molecule has 14 heteroatoms. The molecule has 4 N–H and O–H groups in total. The Morgan fingerprint density at radius 3 is 2.36 bits per heavy atom. The van der Waals surface area contributed by atoms with Gasteiger partial charge in [0.25, 0.3) is 0 Å². The molecule has 2 aliphatic heterocycles. The largest absolute Gasteiger partial charge is 0.384 e. The number of anilines is 2. The van der Waals surface area contributed by atoms with Gasteiger partial charge < -0.3 is 30.4 Å². The first-order chi connectivity index (χ1) is 32.1. The fourth-order valence-electron chi connectivity index (χ4n) is 10.1. The number of carbonyl (C=O) groups excluding carboxylic acids is 6. The summed E-state index contributed by atoms with van der Waals surface area (Å²) in [7, 11) is 0. The molecule has 3 aliphatic rings. The van der Waals surface area contributed by atoms with Crippen molar-refractivity contribution in [3.63, 3.8) is 0 Å². The highest BCUT2D eigenvalue weighted by atomic mass is 16.1. The number of aromatic nitrogens is 2. The minimum absolute atomic E-state index is 0.0294. The fraction of sp³-hybridized carbons (Fsp3) is 0.385. The number of unbranched alkanes of at least 4 members (excludes halogenated alkanes) is 2. The van der Waals surface area contributed by atoms with Crippen LogP contribution in [0.2, 0.25) is 0 Å². The number of piperidine rings is 1. The lowest BCUT2D eigenvalue weighted by Crippen LogP contribution is -2.47. The number of benzene rings is 3. The summed E-state index contributed by atoms with van der Waals surface area (Å²) in [5.41, 5.74) is 8.62. The van der Waals surface area contributed by atoms with Crippen LogP contribution in [0.3, 0.4) is 0 Å². The lowest BCUT2D eigenvalue weighted by Gasteiger charge is -2.39. The molecule has 1 amide bonds. The average Bonchev–Trinajstić information content (AvgIpc) is 3.90. The number of nitrogens with zero attached hydrogens (tertiary/aromatic N) is 4. The first-order valence-electron chi connectivity index (χ1n) is 22.8. The number of aromatic amines is 1. The molecule has 0 saturated carbocycles. The van der Waals surface area contributed by atoms with Gasteiger partial charge in [-0.25, -0.2) is 24.0 Å². The highest BCUT2D eigenvalue weighted by Gasteiger charge is 2.39. The van der Waals surface area contributed by atoms with Gasteiger partial charge in [0, 0.05) is 102 Å². The molecular formula is C52H52N8O6. The topological polar surface area (TPSA) is 189 Å². The Hall–Kier alpha value is -7.43. The average molecular weight is 885 g/mol. The molecule has 1 unspecified atom stereocenters. The van der Waals surface area contributed by atoms with Gasteiger partial charge in [-0.1, -0.05) is 39.0 Å². The molecule has 8 rings (SSSR count). The van der Waals surface area contributed by atoms with Crippen molar-refractivity contribution in [1.82, 2.24) is 25.1 Å². The van der Waals surface area contributed by atoms with Gasteiger partial charge in [-0.05, 0) is 92.1 Å². The Kier molecular flexibility index (Phi) is 13.2. The van der Waals surface area contributed by atoms with Crippen molar-refractivity contribution in [2.75, 3.05) is 56.0 Å². The Balaban J connectivity index is 0.792. The molecule has 1 aliphatic carbocycles. The van der Waals surface area contributed by atoms with E-state index in [1.165, 1.54) is 15.8 Å². The summed E-state index contributed by atoms with van der Waals surface area (Å²) in [6.45, 7) is 12.0. The predicted octanol–water partition coefficient (Wildman–Crippen LogP) is 4.12. The van der Waals surface area contributed by atoms with Gasteiger partial charge in [-0.3, -0.25) is 9.69 Å². The number of hydrogen-bond acceptors (Lipinski definition) is 11. The van der Waals surface area contributed by atoms with Gasteiger partial charge in [0.05, 0.1) is 23.2 Å². The molecule has 4 heterocycles. The Labute approximate surface area is 382 Å². The molecule has 0 bridgehead atoms. The molecule has 66 heavy (non-hydrogen) atoms. The van der Waals surface area contributed by atoms with Gasteiger partial charge >= 0.3 is 0 Å². The van der Waals surface area contributed by atoms with Crippen molar-refractivity contribution >= 4 is 74.2 Å². The number of amides is 1. The number of allylic oxidation sites excluding steroid dienone is 2. The van der Waals surface area contributed by atoms with E-state index >= 15 is 0 Å². The second-order valence-corrected chi connectivity index (χ2v) is 17.8. The van der Waals surface area contributed by atoms with Gasteiger partial charge in [0.2, 0.25) is 5.91 Å². The number of piperazine rings is 1. The van der Waals surface area contributed by atoms with E-state index in [4.69, 9.17) is 0 Å². The van der Waals surface area contributed by atoms with Gasteiger partial charge in [0.15, 0.2) is 11.9 Å². The lowest BCUT2D eigenvalue weighted by molar-refractivity contribution is -0.121. The maximum Gasteiger partial charge on any atom is 0.220 e. The summed E-state index contributed by atoms with van der Waals surface area (Å²) in [5, 5.41) is 20.8. The summed E-state index contributed by atoms with van der Waals surface area (Å²) >= 11 is 0. The summed E-state index contributed by atoms with van der Waals surface area (Å²) in [6, 6.07) is 16.8. The van der Waals surface area contributed by atoms with E-state index in [9.17, 15) is 34.0 Å². The SMILES string of the molecule is CCc1cc2c(cc1N1CCN(CCCC(=O)NCCCCCNc3cccc4c(=C=O)n(C5CCC(=C=O)NC5=C=O)c(=C=O)c34)CC1)C(C)(C)c1[nH]c3cc(C#N)ccc3c1C2=C=O. The van der Waals surface area contributed by atoms with E-state index in [0.717, 1.165) is 98.1 Å². The molecule has 2 aromatic heterocycles. The second-order valence-electron chi connectivity index (χ2n) is 17.8. The minimum Gasteiger partial charge on any atom is -0.384 e. The van der Waals surface area contributed by atoms with E-state index in [1.807, 2.05) is 36.0 Å². The third-order valence-electron chi connectivity index (χ3n) is 13.6. The van der Waals surface area contributed by atoms with Crippen molar-refractivity contribution in [3.8, 4) is 6.07 Å². The summed E-state index contributed by atoms with van der Waals surface area (Å²) in [5.74, 6) is 9.83. The van der Waals surface area contributed by atoms with Crippen LogP contribution in [0.5, 0.6) is 0 Å². The zero-order chi connectivity index (χ0) is 46.5. The van der Waals surface area contributed by atoms with E-state index in [-0.39, 0.29) is 40.8 Å². The van der Waals surface area contributed by atoms with E-state index in [0.29, 0.717) is 47.1 Å². The van der Waals surface area contributed by atoms with Gasteiger partial charge in [0.1, 0.15) is 39.9 Å². The van der Waals surface area contributed by atoms with Crippen molar-refractivity contribution < 1.29 is 28.8 Å². The van der Waals surface area contributed by atoms with Crippen molar-refractivity contribution in [1.29, 1.82) is 5.26 Å². The molecule has 336 valence electrons. The number of hydrogen-bond donors (Lipinski definition) is 4. The molecule has 2 fully saturated rings. The van der Waals surface area contributed by atoms with Crippen LogP contribution in [0.1, 0.15) is 105 Å². The van der Waals surface area contributed by atoms with Crippen LogP contribution in [0, 0.1) is 11.3 Å². The first-order valence-corrected chi connectivity index (χ1v) is 22.8. The van der Waals surface area contributed by atoms with Crippen LogP contribution in [0.15, 0.2) is 59.9 Å². The maximum atomic E-state index is 12.8. The maximum absolute atomic E-state index is 12.8. The van der Waals surface area contributed by atoms with Crippen LogP contribution in [0.25, 0.3) is 27.2 Å². The van der Waals surface area contributed by atoms with Crippen molar-refractivity contribution in [2.45, 2.75) is 83.6 Å². The molecule has 2 saturated heterocycles. The molecular weight excluding hydrogens is 833 g/mol. The van der Waals surface area contributed by atoms with Crippen LogP contribution in [-0.4, -0.2) is 95.9 Å². The van der Waals surface area contributed by atoms with Gasteiger partial charge in [-0.15, -0.1) is 0 Å². The monoisotopic (exact) mass is 884 g/mol. The number of H-pyrrole nitrogens is 1. The van der Waals surface area contributed by atoms with Crippen LogP contribution in [0.4, 0.5) is 11.4 Å². The smallest absolute Gasteiger partial charge is 0.220 e. The second kappa shape index (κ2) is 19.4. The summed E-state index contributed by atoms with van der Waals surface area (Å²) < 4.78 is 1.45. The van der Waals surface area contributed by atoms with Crippen LogP contribution in [-0.2, 0) is 40.6 Å². The number of nitrogens with one attached hydrogen (secondary N) is 4. The van der Waals surface area contributed by atoms with Crippen molar-refractivity contribution in [3.05, 3.63) is 104 Å². The van der Waals surface area contributed by atoms with Crippen LogP contribution < -0.4 is 31.5 Å². The third-order valence-corrected chi connectivity index (χ3v) is 13.6. The summed E-state index contributed by atoms with van der Waals surface area (Å²) in [4.78, 5) is 81.5. The summed E-state index contributed by atoms with van der Waals surface area (Å²) in [6.07, 6.45) is 5.06. The normalized spacial score (nSPS) is 16.5. The zero-order valence-electron chi connectivity index (χ0n) is 37.5. The highest BCUT2D eigenvalue weighted by molar-refractivity contribution is 6.10.